The third-order valence-electron chi connectivity index (χ3n) is 3.93. The van der Waals surface area contributed by atoms with Crippen molar-refractivity contribution in [2.45, 2.75) is 97.8 Å². The van der Waals surface area contributed by atoms with Gasteiger partial charge in [0.05, 0.1) is 0 Å². The Hall–Kier alpha value is -0.0400. The van der Waals surface area contributed by atoms with Crippen LogP contribution in [0.2, 0.25) is 0 Å². The van der Waals surface area contributed by atoms with E-state index in [0.717, 1.165) is 19.1 Å². The van der Waals surface area contributed by atoms with Gasteiger partial charge in [-0.2, -0.15) is 0 Å². The van der Waals surface area contributed by atoms with Crippen LogP contribution in [0, 0.1) is 5.92 Å². The molecular formula is C18H38O. The smallest absolute Gasteiger partial charge is 0.0494 e. The number of unbranched alkanes of at least 4 members (excludes halogenated alkanes) is 7. The maximum Gasteiger partial charge on any atom is 0.0494 e. The molecule has 19 heavy (non-hydrogen) atoms. The number of hydrogen-bond donors (Lipinski definition) is 0. The predicted octanol–water partition coefficient (Wildman–Crippen LogP) is 6.36. The molecule has 0 amide bonds. The van der Waals surface area contributed by atoms with E-state index < -0.39 is 0 Å². The molecule has 1 nitrogen and oxygen atoms in total. The maximum atomic E-state index is 5.90. The molecule has 0 aromatic carbocycles. The molecule has 0 saturated carbocycles. The van der Waals surface area contributed by atoms with Gasteiger partial charge >= 0.3 is 0 Å². The topological polar surface area (TPSA) is 9.23 Å². The molecular weight excluding hydrogens is 232 g/mol. The molecule has 0 aromatic heterocycles. The van der Waals surface area contributed by atoms with Gasteiger partial charge < -0.3 is 4.74 Å². The molecule has 0 radical (unpaired) electrons. The van der Waals surface area contributed by atoms with Crippen LogP contribution in [0.25, 0.3) is 0 Å². The van der Waals surface area contributed by atoms with Crippen LogP contribution in [-0.2, 0) is 4.74 Å². The van der Waals surface area contributed by atoms with Gasteiger partial charge in [0.2, 0.25) is 0 Å². The van der Waals surface area contributed by atoms with Gasteiger partial charge in [0.25, 0.3) is 0 Å². The minimum absolute atomic E-state index is 0.819. The lowest BCUT2D eigenvalue weighted by atomic mass is 9.97. The summed E-state index contributed by atoms with van der Waals surface area (Å²) in [5.74, 6) is 0.819. The van der Waals surface area contributed by atoms with E-state index in [2.05, 4.69) is 20.8 Å². The molecule has 1 heteroatoms. The summed E-state index contributed by atoms with van der Waals surface area (Å²) in [7, 11) is 0. The predicted molar refractivity (Wildman–Crippen MR) is 86.7 cm³/mol. The summed E-state index contributed by atoms with van der Waals surface area (Å²) in [5, 5.41) is 0. The molecule has 0 aliphatic rings. The van der Waals surface area contributed by atoms with Crippen molar-refractivity contribution in [3.63, 3.8) is 0 Å². The molecule has 0 unspecified atom stereocenters. The molecule has 0 fully saturated rings. The first-order valence-corrected chi connectivity index (χ1v) is 8.92. The summed E-state index contributed by atoms with van der Waals surface area (Å²) in [6.45, 7) is 8.84. The van der Waals surface area contributed by atoms with Crippen molar-refractivity contribution in [2.24, 2.45) is 5.92 Å². The van der Waals surface area contributed by atoms with E-state index in [4.69, 9.17) is 4.74 Å². The van der Waals surface area contributed by atoms with Crippen LogP contribution in [0.1, 0.15) is 97.8 Å². The Labute approximate surface area is 122 Å². The average Bonchev–Trinajstić information content (AvgIpc) is 2.43. The van der Waals surface area contributed by atoms with E-state index in [1.807, 2.05) is 0 Å². The molecule has 116 valence electrons. The minimum Gasteiger partial charge on any atom is -0.381 e. The van der Waals surface area contributed by atoms with Crippen LogP contribution in [0.5, 0.6) is 0 Å². The van der Waals surface area contributed by atoms with Crippen LogP contribution in [0.15, 0.2) is 0 Å². The van der Waals surface area contributed by atoms with Crippen LogP contribution >= 0.6 is 0 Å². The van der Waals surface area contributed by atoms with Gasteiger partial charge in [0.15, 0.2) is 0 Å². The summed E-state index contributed by atoms with van der Waals surface area (Å²) in [6.07, 6.45) is 16.3. The van der Waals surface area contributed by atoms with Crippen LogP contribution in [0.3, 0.4) is 0 Å². The average molecular weight is 271 g/mol. The van der Waals surface area contributed by atoms with Crippen molar-refractivity contribution in [1.29, 1.82) is 0 Å². The highest BCUT2D eigenvalue weighted by atomic mass is 16.5. The summed E-state index contributed by atoms with van der Waals surface area (Å²) in [6, 6.07) is 0. The van der Waals surface area contributed by atoms with Gasteiger partial charge in [0, 0.05) is 13.2 Å². The quantitative estimate of drug-likeness (QED) is 0.315. The zero-order chi connectivity index (χ0) is 14.2. The van der Waals surface area contributed by atoms with Crippen LogP contribution in [0.4, 0.5) is 0 Å². The van der Waals surface area contributed by atoms with Crippen molar-refractivity contribution in [3.05, 3.63) is 0 Å². The van der Waals surface area contributed by atoms with Crippen molar-refractivity contribution in [1.82, 2.24) is 0 Å². The molecule has 0 spiro atoms. The Kier molecular flexibility index (Phi) is 16.0. The van der Waals surface area contributed by atoms with Gasteiger partial charge in [-0.25, -0.2) is 0 Å². The summed E-state index contributed by atoms with van der Waals surface area (Å²) in [4.78, 5) is 0. The van der Waals surface area contributed by atoms with Gasteiger partial charge in [0.1, 0.15) is 0 Å². The molecule has 0 heterocycles. The summed E-state index contributed by atoms with van der Waals surface area (Å²) in [5.41, 5.74) is 0. The second-order valence-electron chi connectivity index (χ2n) is 5.99. The zero-order valence-corrected chi connectivity index (χ0v) is 13.9. The lowest BCUT2D eigenvalue weighted by Gasteiger charge is -2.16. The summed E-state index contributed by atoms with van der Waals surface area (Å²) < 4.78 is 5.90. The Balaban J connectivity index is 3.40. The van der Waals surface area contributed by atoms with E-state index in [1.165, 1.54) is 77.0 Å². The molecule has 0 saturated heterocycles. The lowest BCUT2D eigenvalue weighted by Crippen LogP contribution is -2.10. The van der Waals surface area contributed by atoms with Gasteiger partial charge in [-0.3, -0.25) is 0 Å². The molecule has 0 aliphatic heterocycles. The van der Waals surface area contributed by atoms with Crippen LogP contribution in [-0.4, -0.2) is 13.2 Å². The first kappa shape index (κ1) is 19.0. The number of hydrogen-bond acceptors (Lipinski definition) is 1. The Bertz CT molecular complexity index is 148. The molecule has 0 bridgehead atoms. The van der Waals surface area contributed by atoms with E-state index in [1.54, 1.807) is 0 Å². The fourth-order valence-electron chi connectivity index (χ4n) is 2.53. The SMILES string of the molecule is CCCCCCCCOCC(CCCC)CCCC. The normalized spacial score (nSPS) is 11.4. The van der Waals surface area contributed by atoms with E-state index >= 15 is 0 Å². The van der Waals surface area contributed by atoms with Gasteiger partial charge in [-0.15, -0.1) is 0 Å². The second kappa shape index (κ2) is 16.0. The molecule has 0 aromatic rings. The highest BCUT2D eigenvalue weighted by Gasteiger charge is 2.07. The molecule has 0 aliphatic carbocycles. The lowest BCUT2D eigenvalue weighted by molar-refractivity contribution is 0.0883. The molecule has 0 rings (SSSR count). The third-order valence-corrected chi connectivity index (χ3v) is 3.93. The first-order valence-electron chi connectivity index (χ1n) is 8.92. The standard InChI is InChI=1S/C18H38O/c1-4-7-10-11-12-13-16-19-17-18(14-8-5-2)15-9-6-3/h18H,4-17H2,1-3H3. The first-order chi connectivity index (χ1) is 9.35. The van der Waals surface area contributed by atoms with Crippen molar-refractivity contribution in [3.8, 4) is 0 Å². The third kappa shape index (κ3) is 14.2. The van der Waals surface area contributed by atoms with E-state index in [-0.39, 0.29) is 0 Å². The Morgan fingerprint density at radius 1 is 0.632 bits per heavy atom. The molecule has 0 atom stereocenters. The summed E-state index contributed by atoms with van der Waals surface area (Å²) >= 11 is 0. The minimum atomic E-state index is 0.819. The zero-order valence-electron chi connectivity index (χ0n) is 13.9. The van der Waals surface area contributed by atoms with Crippen molar-refractivity contribution >= 4 is 0 Å². The van der Waals surface area contributed by atoms with Crippen molar-refractivity contribution < 1.29 is 4.74 Å². The number of rotatable bonds is 15. The van der Waals surface area contributed by atoms with E-state index in [0.29, 0.717) is 0 Å². The highest BCUT2D eigenvalue weighted by molar-refractivity contribution is 4.59. The fourth-order valence-corrected chi connectivity index (χ4v) is 2.53. The largest absolute Gasteiger partial charge is 0.381 e. The monoisotopic (exact) mass is 270 g/mol. The van der Waals surface area contributed by atoms with Gasteiger partial charge in [-0.1, -0.05) is 78.6 Å². The number of ether oxygens (including phenoxy) is 1. The second-order valence-corrected chi connectivity index (χ2v) is 5.99. The molecule has 0 N–H and O–H groups in total. The van der Waals surface area contributed by atoms with E-state index in [9.17, 15) is 0 Å². The van der Waals surface area contributed by atoms with Crippen molar-refractivity contribution in [2.75, 3.05) is 13.2 Å². The van der Waals surface area contributed by atoms with Gasteiger partial charge in [-0.05, 0) is 25.2 Å². The van der Waals surface area contributed by atoms with Crippen LogP contribution < -0.4 is 0 Å². The maximum absolute atomic E-state index is 5.90. The Morgan fingerprint density at radius 2 is 1.16 bits per heavy atom. The Morgan fingerprint density at radius 3 is 1.74 bits per heavy atom. The highest BCUT2D eigenvalue weighted by Crippen LogP contribution is 2.16. The fraction of sp³-hybridized carbons (Fsp3) is 1.00.